The largest absolute Gasteiger partial charge is 0.492 e. The van der Waals surface area contributed by atoms with Crippen LogP contribution in [0.2, 0.25) is 0 Å². The summed E-state index contributed by atoms with van der Waals surface area (Å²) in [6.45, 7) is 1.68. The molecule has 37 heavy (non-hydrogen) atoms. The summed E-state index contributed by atoms with van der Waals surface area (Å²) in [5.41, 5.74) is 0.854. The van der Waals surface area contributed by atoms with Gasteiger partial charge in [0.2, 0.25) is 11.5 Å². The average molecular weight is 516 g/mol. The number of rotatable bonds is 10. The van der Waals surface area contributed by atoms with Crippen molar-refractivity contribution in [1.82, 2.24) is 0 Å². The van der Waals surface area contributed by atoms with Crippen LogP contribution in [0, 0.1) is 0 Å². The minimum atomic E-state index is -2.19. The van der Waals surface area contributed by atoms with E-state index in [4.69, 9.17) is 19.3 Å². The van der Waals surface area contributed by atoms with Gasteiger partial charge < -0.3 is 19.3 Å². The number of hydrogen-bond acceptors (Lipinski definition) is 5. The highest BCUT2D eigenvalue weighted by molar-refractivity contribution is 7.95. The summed E-state index contributed by atoms with van der Waals surface area (Å²) < 4.78 is 16.4. The third-order valence-corrected chi connectivity index (χ3v) is 10.3. The van der Waals surface area contributed by atoms with E-state index in [1.807, 2.05) is 60.7 Å². The molecule has 0 fully saturated rings. The van der Waals surface area contributed by atoms with Crippen molar-refractivity contribution in [2.45, 2.75) is 0 Å². The number of carboxylic acid groups (broad SMARTS) is 1. The van der Waals surface area contributed by atoms with Crippen LogP contribution >= 0.6 is 7.26 Å². The molecular weight excluding hydrogens is 487 g/mol. The number of methoxy groups -OCH3 is 2. The lowest BCUT2D eigenvalue weighted by Crippen LogP contribution is -2.33. The highest BCUT2D eigenvalue weighted by Crippen LogP contribution is 2.52. The van der Waals surface area contributed by atoms with Crippen LogP contribution in [-0.2, 0) is 4.79 Å². The van der Waals surface area contributed by atoms with Gasteiger partial charge in [-0.25, -0.2) is 4.79 Å². The number of ether oxygens (including phenoxy) is 3. The molecular formula is C30H28O6P+. The standard InChI is InChI=1S/C30H27O6P/c1-34-29-24(18-19-25(30(29)35-2)36-20-27(31)32)28(33)23-16-10-11-17-26(23)37(3,21-12-6-4-7-13-21)22-14-8-5-9-15-22/h4-19H,20H2,1-3H3/p+1. The van der Waals surface area contributed by atoms with Crippen LogP contribution in [0.3, 0.4) is 0 Å². The van der Waals surface area contributed by atoms with Crippen LogP contribution in [0.25, 0.3) is 0 Å². The van der Waals surface area contributed by atoms with Gasteiger partial charge in [0.15, 0.2) is 18.1 Å². The average Bonchev–Trinajstić information content (AvgIpc) is 2.95. The third kappa shape index (κ3) is 5.07. The quantitative estimate of drug-likeness (QED) is 0.250. The number of carboxylic acids is 1. The monoisotopic (exact) mass is 515 g/mol. The van der Waals surface area contributed by atoms with E-state index in [-0.39, 0.29) is 23.0 Å². The smallest absolute Gasteiger partial charge is 0.341 e. The highest BCUT2D eigenvalue weighted by Gasteiger charge is 2.43. The Morgan fingerprint density at radius 2 is 1.24 bits per heavy atom. The fourth-order valence-electron chi connectivity index (χ4n) is 4.45. The summed E-state index contributed by atoms with van der Waals surface area (Å²) in [5.74, 6) is -0.827. The SMILES string of the molecule is COc1c(OCC(=O)O)ccc(C(=O)c2ccccc2[P+](C)(c2ccccc2)c2ccccc2)c1OC. The van der Waals surface area contributed by atoms with E-state index in [0.29, 0.717) is 11.1 Å². The first-order valence-corrected chi connectivity index (χ1v) is 13.9. The number of ketones is 1. The normalized spacial score (nSPS) is 11.0. The van der Waals surface area contributed by atoms with E-state index in [1.54, 1.807) is 6.07 Å². The number of aliphatic carboxylic acids is 1. The van der Waals surface area contributed by atoms with Crippen LogP contribution < -0.4 is 30.1 Å². The Labute approximate surface area is 216 Å². The lowest BCUT2D eigenvalue weighted by molar-refractivity contribution is -0.139. The predicted molar refractivity (Wildman–Crippen MR) is 147 cm³/mol. The van der Waals surface area contributed by atoms with Gasteiger partial charge in [0.1, 0.15) is 23.2 Å². The van der Waals surface area contributed by atoms with Gasteiger partial charge in [-0.1, -0.05) is 48.5 Å². The van der Waals surface area contributed by atoms with Gasteiger partial charge in [-0.05, 0) is 48.5 Å². The topological polar surface area (TPSA) is 82.1 Å². The molecule has 7 heteroatoms. The van der Waals surface area contributed by atoms with Crippen molar-refractivity contribution in [3.05, 3.63) is 108 Å². The maximum Gasteiger partial charge on any atom is 0.341 e. The second kappa shape index (κ2) is 11.3. The predicted octanol–water partition coefficient (Wildman–Crippen LogP) is 4.32. The van der Waals surface area contributed by atoms with Crippen molar-refractivity contribution in [2.24, 2.45) is 0 Å². The molecule has 0 aliphatic carbocycles. The van der Waals surface area contributed by atoms with Gasteiger partial charge in [-0.2, -0.15) is 0 Å². The summed E-state index contributed by atoms with van der Waals surface area (Å²) in [4.78, 5) is 25.2. The molecule has 4 aromatic carbocycles. The van der Waals surface area contributed by atoms with Crippen molar-refractivity contribution in [3.8, 4) is 17.2 Å². The van der Waals surface area contributed by atoms with Crippen LogP contribution in [0.15, 0.2) is 97.1 Å². The van der Waals surface area contributed by atoms with Gasteiger partial charge in [0, 0.05) is 0 Å². The summed E-state index contributed by atoms with van der Waals surface area (Å²) in [6.07, 6.45) is 0. The zero-order valence-corrected chi connectivity index (χ0v) is 21.8. The number of benzene rings is 4. The van der Waals surface area contributed by atoms with E-state index < -0.39 is 19.8 Å². The maximum atomic E-state index is 14.1. The Bertz CT molecular complexity index is 1360. The summed E-state index contributed by atoms with van der Waals surface area (Å²) in [6, 6.07) is 31.3. The van der Waals surface area contributed by atoms with Crippen molar-refractivity contribution >= 4 is 34.9 Å². The highest BCUT2D eigenvalue weighted by atomic mass is 31.2. The second-order valence-electron chi connectivity index (χ2n) is 8.38. The van der Waals surface area contributed by atoms with Gasteiger partial charge >= 0.3 is 5.97 Å². The molecule has 0 bridgehead atoms. The minimum absolute atomic E-state index is 0.163. The molecule has 0 unspecified atom stereocenters. The molecule has 188 valence electrons. The lowest BCUT2D eigenvalue weighted by Gasteiger charge is -2.25. The van der Waals surface area contributed by atoms with Gasteiger partial charge in [-0.3, -0.25) is 4.79 Å². The van der Waals surface area contributed by atoms with Crippen LogP contribution in [-0.4, -0.2) is 44.4 Å². The van der Waals surface area contributed by atoms with Crippen molar-refractivity contribution in [3.63, 3.8) is 0 Å². The molecule has 6 nitrogen and oxygen atoms in total. The van der Waals surface area contributed by atoms with Gasteiger partial charge in [0.05, 0.1) is 32.0 Å². The first-order valence-electron chi connectivity index (χ1n) is 11.6. The Balaban J connectivity index is 1.89. The van der Waals surface area contributed by atoms with E-state index in [2.05, 4.69) is 30.9 Å². The van der Waals surface area contributed by atoms with E-state index in [1.165, 1.54) is 20.3 Å². The molecule has 4 rings (SSSR count). The van der Waals surface area contributed by atoms with Crippen LogP contribution in [0.5, 0.6) is 17.2 Å². The van der Waals surface area contributed by atoms with Crippen LogP contribution in [0.1, 0.15) is 15.9 Å². The van der Waals surface area contributed by atoms with Gasteiger partial charge in [0.25, 0.3) is 0 Å². The number of carbonyl (C=O) groups excluding carboxylic acids is 1. The lowest BCUT2D eigenvalue weighted by atomic mass is 10.0. The summed E-state index contributed by atoms with van der Waals surface area (Å²) in [7, 11) is 0.660. The molecule has 4 aromatic rings. The molecule has 1 N–H and O–H groups in total. The first kappa shape index (κ1) is 25.9. The molecule has 0 aliphatic heterocycles. The van der Waals surface area contributed by atoms with Gasteiger partial charge in [-0.15, -0.1) is 0 Å². The summed E-state index contributed by atoms with van der Waals surface area (Å²) in [5, 5.41) is 12.3. The van der Waals surface area contributed by atoms with Crippen molar-refractivity contribution < 1.29 is 28.9 Å². The molecule has 0 aliphatic rings. The molecule has 0 atom stereocenters. The van der Waals surface area contributed by atoms with Crippen molar-refractivity contribution in [2.75, 3.05) is 27.5 Å². The zero-order valence-electron chi connectivity index (χ0n) is 20.9. The Morgan fingerprint density at radius 3 is 1.78 bits per heavy atom. The fraction of sp³-hybridized carbons (Fsp3) is 0.133. The molecule has 0 saturated carbocycles. The van der Waals surface area contributed by atoms with E-state index in [0.717, 1.165) is 15.9 Å². The van der Waals surface area contributed by atoms with Crippen molar-refractivity contribution in [1.29, 1.82) is 0 Å². The Morgan fingerprint density at radius 1 is 0.703 bits per heavy atom. The molecule has 0 saturated heterocycles. The zero-order chi connectivity index (χ0) is 26.4. The molecule has 0 radical (unpaired) electrons. The third-order valence-electron chi connectivity index (χ3n) is 6.26. The molecule has 0 aromatic heterocycles. The fourth-order valence-corrected chi connectivity index (χ4v) is 7.89. The molecule has 0 amide bonds. The maximum absolute atomic E-state index is 14.1. The van der Waals surface area contributed by atoms with Crippen LogP contribution in [0.4, 0.5) is 0 Å². The number of hydrogen-bond donors (Lipinski definition) is 1. The Kier molecular flexibility index (Phi) is 7.90. The molecule has 0 spiro atoms. The minimum Gasteiger partial charge on any atom is -0.492 e. The summed E-state index contributed by atoms with van der Waals surface area (Å²) >= 11 is 0. The molecule has 0 heterocycles. The van der Waals surface area contributed by atoms with E-state index >= 15 is 0 Å². The first-order chi connectivity index (χ1) is 17.9. The second-order valence-corrected chi connectivity index (χ2v) is 11.9. The Hall–Kier alpha value is -4.15. The number of carbonyl (C=O) groups is 2. The van der Waals surface area contributed by atoms with E-state index in [9.17, 15) is 9.59 Å².